The largest absolute Gasteiger partial charge is 0.384 e. The number of para-hydroxylation sites is 1. The Kier molecular flexibility index (Phi) is 3.38. The van der Waals surface area contributed by atoms with Crippen molar-refractivity contribution >= 4 is 26.4 Å². The van der Waals surface area contributed by atoms with Crippen molar-refractivity contribution in [3.05, 3.63) is 36.0 Å². The van der Waals surface area contributed by atoms with Crippen LogP contribution in [0.4, 0.5) is 5.69 Å². The quantitative estimate of drug-likeness (QED) is 0.943. The van der Waals surface area contributed by atoms with E-state index in [-0.39, 0.29) is 5.92 Å². The first kappa shape index (κ1) is 13.4. The van der Waals surface area contributed by atoms with E-state index in [9.17, 15) is 8.42 Å². The minimum Gasteiger partial charge on any atom is -0.384 e. The molecule has 0 radical (unpaired) electrons. The summed E-state index contributed by atoms with van der Waals surface area (Å²) >= 11 is 0. The number of anilines is 1. The molecule has 0 amide bonds. The number of nitrogens with zero attached hydrogens (tertiary/aromatic N) is 1. The fraction of sp³-hybridized carbons (Fsp3) is 0.400. The highest BCUT2D eigenvalue weighted by atomic mass is 32.2. The molecule has 20 heavy (non-hydrogen) atoms. The van der Waals surface area contributed by atoms with Crippen LogP contribution < -0.4 is 5.32 Å². The second kappa shape index (κ2) is 5.05. The number of benzene rings is 1. The summed E-state index contributed by atoms with van der Waals surface area (Å²) in [7, 11) is -2.80. The molecule has 1 aromatic carbocycles. The van der Waals surface area contributed by atoms with Crippen molar-refractivity contribution in [3.8, 4) is 0 Å². The minimum atomic E-state index is -2.80. The minimum absolute atomic E-state index is 0.215. The van der Waals surface area contributed by atoms with Gasteiger partial charge in [-0.1, -0.05) is 18.2 Å². The topological polar surface area (TPSA) is 59.1 Å². The van der Waals surface area contributed by atoms with Gasteiger partial charge in [0.05, 0.1) is 17.0 Å². The summed E-state index contributed by atoms with van der Waals surface area (Å²) in [4.78, 5) is 4.50. The number of nitrogens with one attached hydrogen (secondary N) is 1. The van der Waals surface area contributed by atoms with Gasteiger partial charge in [-0.25, -0.2) is 8.42 Å². The maximum atomic E-state index is 11.5. The van der Waals surface area contributed by atoms with Crippen molar-refractivity contribution < 1.29 is 8.42 Å². The Morgan fingerprint density at radius 2 is 2.15 bits per heavy atom. The second-order valence-electron chi connectivity index (χ2n) is 5.48. The van der Waals surface area contributed by atoms with E-state index in [0.29, 0.717) is 18.1 Å². The Bertz CT molecular complexity index is 741. The number of rotatable bonds is 3. The summed E-state index contributed by atoms with van der Waals surface area (Å²) < 4.78 is 23.0. The maximum Gasteiger partial charge on any atom is 0.150 e. The van der Waals surface area contributed by atoms with Crippen LogP contribution in [0.1, 0.15) is 12.1 Å². The highest BCUT2D eigenvalue weighted by Gasteiger charge is 2.27. The van der Waals surface area contributed by atoms with Gasteiger partial charge in [-0.15, -0.1) is 0 Å². The Balaban J connectivity index is 1.81. The van der Waals surface area contributed by atoms with Crippen molar-refractivity contribution in [1.82, 2.24) is 4.98 Å². The molecule has 1 N–H and O–H groups in total. The highest BCUT2D eigenvalue weighted by molar-refractivity contribution is 7.91. The van der Waals surface area contributed by atoms with E-state index >= 15 is 0 Å². The van der Waals surface area contributed by atoms with Crippen LogP contribution in [0.25, 0.3) is 10.9 Å². The number of aromatic nitrogens is 1. The molecule has 1 atom stereocenters. The monoisotopic (exact) mass is 290 g/mol. The van der Waals surface area contributed by atoms with Crippen LogP contribution in [0.5, 0.6) is 0 Å². The molecule has 0 saturated carbocycles. The average Bonchev–Trinajstić information content (AvgIpc) is 2.75. The number of pyridine rings is 1. The van der Waals surface area contributed by atoms with E-state index in [1.807, 2.05) is 37.3 Å². The van der Waals surface area contributed by atoms with Gasteiger partial charge in [0.25, 0.3) is 0 Å². The first-order valence-electron chi connectivity index (χ1n) is 6.84. The smallest absolute Gasteiger partial charge is 0.150 e. The fourth-order valence-electron chi connectivity index (χ4n) is 2.74. The summed E-state index contributed by atoms with van der Waals surface area (Å²) in [6.45, 7) is 2.67. The van der Waals surface area contributed by atoms with Crippen LogP contribution >= 0.6 is 0 Å². The third-order valence-corrected chi connectivity index (χ3v) is 5.59. The van der Waals surface area contributed by atoms with Gasteiger partial charge in [0.1, 0.15) is 0 Å². The number of hydrogen-bond acceptors (Lipinski definition) is 4. The highest BCUT2D eigenvalue weighted by Crippen LogP contribution is 2.25. The van der Waals surface area contributed by atoms with Gasteiger partial charge < -0.3 is 5.32 Å². The lowest BCUT2D eigenvalue weighted by molar-refractivity contribution is 0.596. The van der Waals surface area contributed by atoms with E-state index in [0.717, 1.165) is 28.7 Å². The van der Waals surface area contributed by atoms with Gasteiger partial charge in [-0.3, -0.25) is 4.98 Å². The zero-order valence-electron chi connectivity index (χ0n) is 11.5. The van der Waals surface area contributed by atoms with Crippen LogP contribution in [-0.4, -0.2) is 31.5 Å². The van der Waals surface area contributed by atoms with Crippen LogP contribution in [0.2, 0.25) is 0 Å². The molecule has 1 aromatic heterocycles. The average molecular weight is 290 g/mol. The molecule has 106 valence electrons. The van der Waals surface area contributed by atoms with Gasteiger partial charge in [-0.05, 0) is 31.4 Å². The zero-order valence-corrected chi connectivity index (χ0v) is 12.3. The van der Waals surface area contributed by atoms with Gasteiger partial charge in [0, 0.05) is 23.3 Å². The third-order valence-electron chi connectivity index (χ3n) is 3.75. The van der Waals surface area contributed by atoms with E-state index in [4.69, 9.17) is 0 Å². The standard InChI is InChI=1S/C15H18N2O2S/c1-11-8-15(13-4-2-3-5-14(13)17-11)16-9-12-6-7-20(18,19)10-12/h2-5,8,12H,6-7,9-10H2,1H3,(H,16,17). The van der Waals surface area contributed by atoms with Crippen molar-refractivity contribution in [2.45, 2.75) is 13.3 Å². The molecule has 1 fully saturated rings. The molecule has 0 bridgehead atoms. The Labute approximate surface area is 119 Å². The van der Waals surface area contributed by atoms with Crippen molar-refractivity contribution in [1.29, 1.82) is 0 Å². The zero-order chi connectivity index (χ0) is 14.2. The second-order valence-corrected chi connectivity index (χ2v) is 7.71. The number of fused-ring (bicyclic) bond motifs is 1. The Morgan fingerprint density at radius 1 is 1.35 bits per heavy atom. The lowest BCUT2D eigenvalue weighted by atomic mass is 10.1. The normalized spacial score (nSPS) is 21.1. The van der Waals surface area contributed by atoms with Crippen LogP contribution in [-0.2, 0) is 9.84 Å². The van der Waals surface area contributed by atoms with E-state index < -0.39 is 9.84 Å². The molecular weight excluding hydrogens is 272 g/mol. The van der Waals surface area contributed by atoms with Gasteiger partial charge in [0.15, 0.2) is 9.84 Å². The molecular formula is C15H18N2O2S. The van der Waals surface area contributed by atoms with Crippen LogP contribution in [0.3, 0.4) is 0 Å². The molecule has 1 saturated heterocycles. The first-order valence-corrected chi connectivity index (χ1v) is 8.66. The number of sulfone groups is 1. The SMILES string of the molecule is Cc1cc(NCC2CCS(=O)(=O)C2)c2ccccc2n1. The fourth-order valence-corrected chi connectivity index (χ4v) is 4.60. The lowest BCUT2D eigenvalue weighted by Crippen LogP contribution is -2.16. The van der Waals surface area contributed by atoms with E-state index in [1.54, 1.807) is 0 Å². The molecule has 5 heteroatoms. The van der Waals surface area contributed by atoms with E-state index in [2.05, 4.69) is 10.3 Å². The predicted octanol–water partition coefficient (Wildman–Crippen LogP) is 2.39. The molecule has 3 rings (SSSR count). The van der Waals surface area contributed by atoms with E-state index in [1.165, 1.54) is 0 Å². The van der Waals surface area contributed by atoms with Crippen molar-refractivity contribution in [2.75, 3.05) is 23.4 Å². The summed E-state index contributed by atoms with van der Waals surface area (Å²) in [5, 5.41) is 4.49. The number of aryl methyl sites for hydroxylation is 1. The molecule has 2 aromatic rings. The molecule has 4 nitrogen and oxygen atoms in total. The Hall–Kier alpha value is -1.62. The van der Waals surface area contributed by atoms with Gasteiger partial charge in [0.2, 0.25) is 0 Å². The first-order chi connectivity index (χ1) is 9.53. The summed E-state index contributed by atoms with van der Waals surface area (Å²) in [6.07, 6.45) is 0.761. The number of hydrogen-bond donors (Lipinski definition) is 1. The van der Waals surface area contributed by atoms with Crippen LogP contribution in [0, 0.1) is 12.8 Å². The van der Waals surface area contributed by atoms with Gasteiger partial charge in [-0.2, -0.15) is 0 Å². The third kappa shape index (κ3) is 2.77. The molecule has 0 spiro atoms. The van der Waals surface area contributed by atoms with Crippen LogP contribution in [0.15, 0.2) is 30.3 Å². The summed E-state index contributed by atoms with van der Waals surface area (Å²) in [6, 6.07) is 10.0. The van der Waals surface area contributed by atoms with Crippen molar-refractivity contribution in [3.63, 3.8) is 0 Å². The molecule has 2 heterocycles. The van der Waals surface area contributed by atoms with Gasteiger partial charge >= 0.3 is 0 Å². The molecule has 0 aliphatic carbocycles. The lowest BCUT2D eigenvalue weighted by Gasteiger charge is -2.13. The Morgan fingerprint density at radius 3 is 2.90 bits per heavy atom. The molecule has 1 aliphatic heterocycles. The maximum absolute atomic E-state index is 11.5. The summed E-state index contributed by atoms with van der Waals surface area (Å²) in [5.41, 5.74) is 2.97. The molecule has 1 aliphatic rings. The summed E-state index contributed by atoms with van der Waals surface area (Å²) in [5.74, 6) is 0.851. The predicted molar refractivity (Wildman–Crippen MR) is 81.7 cm³/mol. The van der Waals surface area contributed by atoms with Crippen molar-refractivity contribution in [2.24, 2.45) is 5.92 Å². The molecule has 1 unspecified atom stereocenters.